The van der Waals surface area contributed by atoms with E-state index in [1.807, 2.05) is 48.5 Å². The van der Waals surface area contributed by atoms with Crippen molar-refractivity contribution in [3.05, 3.63) is 59.7 Å². The van der Waals surface area contributed by atoms with Gasteiger partial charge in [-0.15, -0.1) is 0 Å². The average molecular weight is 438 g/mol. The van der Waals surface area contributed by atoms with Crippen molar-refractivity contribution in [1.29, 1.82) is 0 Å². The number of carbonyl (C=O) groups excluding carboxylic acids is 2. The Balaban J connectivity index is 1.55. The first-order valence-corrected chi connectivity index (χ1v) is 11.5. The van der Waals surface area contributed by atoms with Crippen LogP contribution >= 0.6 is 0 Å². The van der Waals surface area contributed by atoms with E-state index >= 15 is 0 Å². The van der Waals surface area contributed by atoms with E-state index in [1.54, 1.807) is 7.11 Å². The van der Waals surface area contributed by atoms with E-state index in [0.29, 0.717) is 30.9 Å². The summed E-state index contributed by atoms with van der Waals surface area (Å²) in [4.78, 5) is 27.3. The van der Waals surface area contributed by atoms with Crippen LogP contribution in [0.2, 0.25) is 0 Å². The molecular formula is C26H35N3O3. The van der Waals surface area contributed by atoms with E-state index in [0.717, 1.165) is 42.9 Å². The number of para-hydroxylation sites is 2. The van der Waals surface area contributed by atoms with Gasteiger partial charge in [-0.3, -0.25) is 9.59 Å². The fourth-order valence-corrected chi connectivity index (χ4v) is 4.18. The number of anilines is 1. The normalized spacial score (nSPS) is 14.3. The zero-order chi connectivity index (χ0) is 22.9. The molecule has 6 nitrogen and oxygen atoms in total. The highest BCUT2D eigenvalue weighted by atomic mass is 16.5. The molecule has 6 heteroatoms. The highest BCUT2D eigenvalue weighted by molar-refractivity contribution is 5.99. The zero-order valence-electron chi connectivity index (χ0n) is 19.4. The SMILES string of the molecule is COc1ccccc1CCNC(=O)c1ccccc1N1CCC(NC(=O)CC(C)C)CC1. The van der Waals surface area contributed by atoms with Crippen molar-refractivity contribution in [3.63, 3.8) is 0 Å². The maximum Gasteiger partial charge on any atom is 0.253 e. The molecule has 3 rings (SSSR count). The lowest BCUT2D eigenvalue weighted by molar-refractivity contribution is -0.122. The smallest absolute Gasteiger partial charge is 0.253 e. The molecule has 32 heavy (non-hydrogen) atoms. The molecular weight excluding hydrogens is 402 g/mol. The van der Waals surface area contributed by atoms with Crippen LogP contribution in [0.15, 0.2) is 48.5 Å². The van der Waals surface area contributed by atoms with Crippen LogP contribution in [-0.4, -0.2) is 44.6 Å². The van der Waals surface area contributed by atoms with E-state index in [2.05, 4.69) is 29.4 Å². The van der Waals surface area contributed by atoms with Crippen molar-refractivity contribution in [2.45, 2.75) is 45.6 Å². The van der Waals surface area contributed by atoms with Crippen molar-refractivity contribution in [2.75, 3.05) is 31.6 Å². The third-order valence-electron chi connectivity index (χ3n) is 5.82. The summed E-state index contributed by atoms with van der Waals surface area (Å²) < 4.78 is 5.39. The molecule has 172 valence electrons. The van der Waals surface area contributed by atoms with Gasteiger partial charge in [0.2, 0.25) is 5.91 Å². The molecule has 2 N–H and O–H groups in total. The van der Waals surface area contributed by atoms with Gasteiger partial charge in [-0.1, -0.05) is 44.2 Å². The summed E-state index contributed by atoms with van der Waals surface area (Å²) >= 11 is 0. The van der Waals surface area contributed by atoms with Gasteiger partial charge in [0.05, 0.1) is 12.7 Å². The molecule has 1 fully saturated rings. The molecule has 0 aromatic heterocycles. The Morgan fingerprint density at radius 2 is 1.75 bits per heavy atom. The lowest BCUT2D eigenvalue weighted by atomic mass is 10.0. The third-order valence-corrected chi connectivity index (χ3v) is 5.82. The number of hydrogen-bond donors (Lipinski definition) is 2. The Kier molecular flexibility index (Phi) is 8.54. The molecule has 0 saturated carbocycles. The van der Waals surface area contributed by atoms with E-state index in [-0.39, 0.29) is 17.9 Å². The van der Waals surface area contributed by atoms with Gasteiger partial charge in [0.25, 0.3) is 5.91 Å². The quantitative estimate of drug-likeness (QED) is 0.626. The Bertz CT molecular complexity index is 905. The number of methoxy groups -OCH3 is 1. The summed E-state index contributed by atoms with van der Waals surface area (Å²) in [5, 5.41) is 6.21. The minimum atomic E-state index is -0.0668. The van der Waals surface area contributed by atoms with Gasteiger partial charge in [0.15, 0.2) is 0 Å². The fourth-order valence-electron chi connectivity index (χ4n) is 4.18. The molecule has 2 aromatic carbocycles. The van der Waals surface area contributed by atoms with Crippen molar-refractivity contribution in [3.8, 4) is 5.75 Å². The monoisotopic (exact) mass is 437 g/mol. The Morgan fingerprint density at radius 1 is 1.06 bits per heavy atom. The largest absolute Gasteiger partial charge is 0.496 e. The van der Waals surface area contributed by atoms with Crippen LogP contribution in [0, 0.1) is 5.92 Å². The second-order valence-corrected chi connectivity index (χ2v) is 8.76. The lowest BCUT2D eigenvalue weighted by Crippen LogP contribution is -2.45. The number of hydrogen-bond acceptors (Lipinski definition) is 4. The summed E-state index contributed by atoms with van der Waals surface area (Å²) in [6, 6.07) is 15.8. The van der Waals surface area contributed by atoms with E-state index in [1.165, 1.54) is 0 Å². The predicted octanol–water partition coefficient (Wildman–Crippen LogP) is 3.80. The molecule has 1 saturated heterocycles. The first kappa shape index (κ1) is 23.6. The maximum absolute atomic E-state index is 12.9. The van der Waals surface area contributed by atoms with Crippen molar-refractivity contribution in [1.82, 2.24) is 10.6 Å². The number of ether oxygens (including phenoxy) is 1. The van der Waals surface area contributed by atoms with Crippen molar-refractivity contribution < 1.29 is 14.3 Å². The molecule has 0 atom stereocenters. The maximum atomic E-state index is 12.9. The molecule has 0 radical (unpaired) electrons. The second kappa shape index (κ2) is 11.6. The number of benzene rings is 2. The Labute approximate surface area is 191 Å². The van der Waals surface area contributed by atoms with Crippen LogP contribution in [0.4, 0.5) is 5.69 Å². The molecule has 2 amide bonds. The standard InChI is InChI=1S/C26H35N3O3/c1-19(2)18-25(30)28-21-13-16-29(17-14-21)23-10-6-5-9-22(23)26(31)27-15-12-20-8-4-7-11-24(20)32-3/h4-11,19,21H,12-18H2,1-3H3,(H,27,31)(H,28,30). The van der Waals surface area contributed by atoms with Gasteiger partial charge in [0, 0.05) is 37.8 Å². The van der Waals surface area contributed by atoms with Crippen LogP contribution in [0.3, 0.4) is 0 Å². The number of carbonyl (C=O) groups is 2. The van der Waals surface area contributed by atoms with Gasteiger partial charge in [-0.05, 0) is 48.9 Å². The number of nitrogens with zero attached hydrogens (tertiary/aromatic N) is 1. The topological polar surface area (TPSA) is 70.7 Å². The molecule has 0 bridgehead atoms. The summed E-state index contributed by atoms with van der Waals surface area (Å²) in [5.41, 5.74) is 2.72. The summed E-state index contributed by atoms with van der Waals surface area (Å²) in [7, 11) is 1.66. The Morgan fingerprint density at radius 3 is 2.47 bits per heavy atom. The summed E-state index contributed by atoms with van der Waals surface area (Å²) in [6.45, 7) is 6.29. The van der Waals surface area contributed by atoms with Crippen LogP contribution < -0.4 is 20.3 Å². The fraction of sp³-hybridized carbons (Fsp3) is 0.462. The summed E-state index contributed by atoms with van der Waals surface area (Å²) in [6.07, 6.45) is 3.04. The van der Waals surface area contributed by atoms with Crippen LogP contribution in [-0.2, 0) is 11.2 Å². The van der Waals surface area contributed by atoms with E-state index in [9.17, 15) is 9.59 Å². The van der Waals surface area contributed by atoms with Crippen LogP contribution in [0.5, 0.6) is 5.75 Å². The van der Waals surface area contributed by atoms with E-state index in [4.69, 9.17) is 4.74 Å². The number of rotatable bonds is 9. The molecule has 1 aliphatic heterocycles. The first-order valence-electron chi connectivity index (χ1n) is 11.5. The van der Waals surface area contributed by atoms with E-state index < -0.39 is 0 Å². The van der Waals surface area contributed by atoms with Crippen molar-refractivity contribution in [2.24, 2.45) is 5.92 Å². The lowest BCUT2D eigenvalue weighted by Gasteiger charge is -2.35. The first-order chi connectivity index (χ1) is 15.5. The minimum absolute atomic E-state index is 0.0668. The predicted molar refractivity (Wildman–Crippen MR) is 128 cm³/mol. The Hall–Kier alpha value is -3.02. The molecule has 0 spiro atoms. The van der Waals surface area contributed by atoms with Gasteiger partial charge in [-0.25, -0.2) is 0 Å². The van der Waals surface area contributed by atoms with Crippen LogP contribution in [0.1, 0.15) is 49.0 Å². The van der Waals surface area contributed by atoms with Gasteiger partial charge in [0.1, 0.15) is 5.75 Å². The van der Waals surface area contributed by atoms with Gasteiger partial charge < -0.3 is 20.3 Å². The van der Waals surface area contributed by atoms with Gasteiger partial charge >= 0.3 is 0 Å². The highest BCUT2D eigenvalue weighted by Gasteiger charge is 2.23. The number of amides is 2. The number of nitrogens with one attached hydrogen (secondary N) is 2. The molecule has 2 aromatic rings. The molecule has 0 aliphatic carbocycles. The molecule has 1 aliphatic rings. The second-order valence-electron chi connectivity index (χ2n) is 8.76. The van der Waals surface area contributed by atoms with Crippen LogP contribution in [0.25, 0.3) is 0 Å². The highest BCUT2D eigenvalue weighted by Crippen LogP contribution is 2.25. The molecule has 1 heterocycles. The molecule has 0 unspecified atom stereocenters. The minimum Gasteiger partial charge on any atom is -0.496 e. The number of piperidine rings is 1. The third kappa shape index (κ3) is 6.49. The van der Waals surface area contributed by atoms with Crippen molar-refractivity contribution >= 4 is 17.5 Å². The zero-order valence-corrected chi connectivity index (χ0v) is 19.4. The summed E-state index contributed by atoms with van der Waals surface area (Å²) in [5.74, 6) is 1.27. The van der Waals surface area contributed by atoms with Gasteiger partial charge in [-0.2, -0.15) is 0 Å². The average Bonchev–Trinajstić information content (AvgIpc) is 2.79.